The first-order valence-corrected chi connectivity index (χ1v) is 9.69. The number of anilines is 2. The van der Waals surface area contributed by atoms with Gasteiger partial charge >= 0.3 is 0 Å². The van der Waals surface area contributed by atoms with E-state index in [1.165, 1.54) is 11.8 Å². The highest BCUT2D eigenvalue weighted by atomic mass is 16.5. The molecule has 0 atom stereocenters. The van der Waals surface area contributed by atoms with Gasteiger partial charge in [0.1, 0.15) is 17.3 Å². The van der Waals surface area contributed by atoms with Crippen LogP contribution in [0.25, 0.3) is 0 Å². The molecule has 0 radical (unpaired) electrons. The molecular weight excluding hydrogens is 364 g/mol. The maximum atomic E-state index is 12.3. The Hall–Kier alpha value is -3.41. The first kappa shape index (κ1) is 20.3. The summed E-state index contributed by atoms with van der Waals surface area (Å²) in [6, 6.07) is 14.0. The summed E-state index contributed by atoms with van der Waals surface area (Å²) >= 11 is 0. The zero-order chi connectivity index (χ0) is 20.6. The monoisotopic (exact) mass is 390 g/mol. The molecule has 0 spiro atoms. The first-order chi connectivity index (χ1) is 14.1. The first-order valence-electron chi connectivity index (χ1n) is 9.69. The van der Waals surface area contributed by atoms with Gasteiger partial charge in [-0.2, -0.15) is 0 Å². The molecule has 0 bridgehead atoms. The third-order valence-corrected chi connectivity index (χ3v) is 4.74. The van der Waals surface area contributed by atoms with Crippen LogP contribution in [-0.4, -0.2) is 29.5 Å². The van der Waals surface area contributed by atoms with E-state index in [4.69, 9.17) is 4.74 Å². The average molecular weight is 390 g/mol. The van der Waals surface area contributed by atoms with E-state index < -0.39 is 0 Å². The Balaban J connectivity index is 1.56. The third kappa shape index (κ3) is 5.31. The van der Waals surface area contributed by atoms with E-state index >= 15 is 0 Å². The fourth-order valence-electron chi connectivity index (χ4n) is 3.04. The summed E-state index contributed by atoms with van der Waals surface area (Å²) in [5.41, 5.74) is 4.83. The number of ether oxygens (including phenoxy) is 1. The van der Waals surface area contributed by atoms with Gasteiger partial charge in [-0.3, -0.25) is 4.79 Å². The molecule has 0 aliphatic rings. The molecule has 3 aromatic rings. The van der Waals surface area contributed by atoms with Crippen LogP contribution in [0.1, 0.15) is 34.1 Å². The molecule has 3 rings (SSSR count). The van der Waals surface area contributed by atoms with Crippen LogP contribution in [0.2, 0.25) is 0 Å². The maximum absolute atomic E-state index is 12.3. The Morgan fingerprint density at radius 3 is 2.52 bits per heavy atom. The zero-order valence-electron chi connectivity index (χ0n) is 17.0. The molecule has 1 aromatic heterocycles. The van der Waals surface area contributed by atoms with E-state index in [2.05, 4.69) is 46.6 Å². The largest absolute Gasteiger partial charge is 0.497 e. The third-order valence-electron chi connectivity index (χ3n) is 4.74. The second-order valence-corrected chi connectivity index (χ2v) is 6.73. The predicted octanol–water partition coefficient (Wildman–Crippen LogP) is 4.07. The number of carbonyl (C=O) groups excluding carboxylic acids is 1. The summed E-state index contributed by atoms with van der Waals surface area (Å²) in [5.74, 6) is 1.20. The van der Waals surface area contributed by atoms with Crippen molar-refractivity contribution >= 4 is 17.4 Å². The number of carbonyl (C=O) groups is 1. The summed E-state index contributed by atoms with van der Waals surface area (Å²) < 4.78 is 5.15. The van der Waals surface area contributed by atoms with Gasteiger partial charge in [0.2, 0.25) is 0 Å². The Kier molecular flexibility index (Phi) is 6.79. The van der Waals surface area contributed by atoms with Crippen LogP contribution >= 0.6 is 0 Å². The van der Waals surface area contributed by atoms with E-state index in [1.807, 2.05) is 30.3 Å². The van der Waals surface area contributed by atoms with Crippen LogP contribution in [0.15, 0.2) is 54.9 Å². The van der Waals surface area contributed by atoms with Crippen LogP contribution < -0.4 is 15.4 Å². The highest BCUT2D eigenvalue weighted by molar-refractivity contribution is 5.92. The van der Waals surface area contributed by atoms with Crippen molar-refractivity contribution in [3.8, 4) is 5.75 Å². The Labute approximate surface area is 171 Å². The summed E-state index contributed by atoms with van der Waals surface area (Å²) in [7, 11) is 1.64. The van der Waals surface area contributed by atoms with Gasteiger partial charge in [0, 0.05) is 12.2 Å². The molecule has 0 saturated heterocycles. The van der Waals surface area contributed by atoms with E-state index in [0.29, 0.717) is 18.1 Å². The molecule has 0 saturated carbocycles. The number of nitrogens with zero attached hydrogens (tertiary/aromatic N) is 2. The number of rotatable bonds is 8. The average Bonchev–Trinajstić information content (AvgIpc) is 2.76. The van der Waals surface area contributed by atoms with Crippen molar-refractivity contribution in [1.82, 2.24) is 15.3 Å². The molecule has 29 heavy (non-hydrogen) atoms. The van der Waals surface area contributed by atoms with Crippen LogP contribution in [-0.2, 0) is 12.8 Å². The van der Waals surface area contributed by atoms with Crippen LogP contribution in [0.3, 0.4) is 0 Å². The highest BCUT2D eigenvalue weighted by Gasteiger charge is 2.09. The number of para-hydroxylation sites is 1. The molecule has 0 unspecified atom stereocenters. The number of nitrogens with one attached hydrogen (secondary N) is 2. The number of aromatic nitrogens is 2. The lowest BCUT2D eigenvalue weighted by molar-refractivity contribution is 0.0949. The summed E-state index contributed by atoms with van der Waals surface area (Å²) in [6.07, 6.45) is 4.74. The van der Waals surface area contributed by atoms with Gasteiger partial charge in [0.25, 0.3) is 5.91 Å². The lowest BCUT2D eigenvalue weighted by atomic mass is 10.1. The molecule has 0 aliphatic heterocycles. The van der Waals surface area contributed by atoms with Gasteiger partial charge in [0.15, 0.2) is 0 Å². The summed E-state index contributed by atoms with van der Waals surface area (Å²) in [4.78, 5) is 20.9. The molecule has 1 amide bonds. The summed E-state index contributed by atoms with van der Waals surface area (Å²) in [5, 5.41) is 6.20. The number of benzene rings is 2. The normalized spacial score (nSPS) is 10.4. The SMILES string of the molecule is CCc1cccc(C)c1Nc1cnc(C(=O)NCCc2ccc(OC)cc2)cn1. The minimum Gasteiger partial charge on any atom is -0.497 e. The Morgan fingerprint density at radius 1 is 1.07 bits per heavy atom. The number of hydrogen-bond donors (Lipinski definition) is 2. The topological polar surface area (TPSA) is 76.1 Å². The highest BCUT2D eigenvalue weighted by Crippen LogP contribution is 2.24. The van der Waals surface area contributed by atoms with Crippen LogP contribution in [0.4, 0.5) is 11.5 Å². The Bertz CT molecular complexity index is 954. The fourth-order valence-corrected chi connectivity index (χ4v) is 3.04. The minimum absolute atomic E-state index is 0.234. The van der Waals surface area contributed by atoms with Crippen molar-refractivity contribution in [3.63, 3.8) is 0 Å². The van der Waals surface area contributed by atoms with E-state index in [-0.39, 0.29) is 5.91 Å². The summed E-state index contributed by atoms with van der Waals surface area (Å²) in [6.45, 7) is 4.69. The minimum atomic E-state index is -0.234. The number of methoxy groups -OCH3 is 1. The van der Waals surface area contributed by atoms with Crippen molar-refractivity contribution in [1.29, 1.82) is 0 Å². The van der Waals surface area contributed by atoms with Crippen molar-refractivity contribution < 1.29 is 9.53 Å². The van der Waals surface area contributed by atoms with Gasteiger partial charge in [-0.05, 0) is 48.6 Å². The maximum Gasteiger partial charge on any atom is 0.271 e. The number of hydrogen-bond acceptors (Lipinski definition) is 5. The van der Waals surface area contributed by atoms with Gasteiger partial charge < -0.3 is 15.4 Å². The molecule has 0 aliphatic carbocycles. The van der Waals surface area contributed by atoms with Crippen molar-refractivity contribution in [2.45, 2.75) is 26.7 Å². The number of amides is 1. The Morgan fingerprint density at radius 2 is 1.86 bits per heavy atom. The number of aryl methyl sites for hydroxylation is 2. The fraction of sp³-hybridized carbons (Fsp3) is 0.261. The lowest BCUT2D eigenvalue weighted by Crippen LogP contribution is -2.26. The molecule has 0 fully saturated rings. The smallest absolute Gasteiger partial charge is 0.271 e. The second kappa shape index (κ2) is 9.68. The zero-order valence-corrected chi connectivity index (χ0v) is 17.0. The van der Waals surface area contributed by atoms with Crippen LogP contribution in [0, 0.1) is 6.92 Å². The standard InChI is InChI=1S/C23H26N4O2/c1-4-18-7-5-6-16(2)22(18)27-21-15-25-20(14-26-21)23(28)24-13-12-17-8-10-19(29-3)11-9-17/h5-11,14-15H,4,12-13H2,1-3H3,(H,24,28)(H,26,27). The van der Waals surface area contributed by atoms with Crippen molar-refractivity contribution in [2.24, 2.45) is 0 Å². The van der Waals surface area contributed by atoms with Gasteiger partial charge in [-0.25, -0.2) is 9.97 Å². The molecule has 150 valence electrons. The van der Waals surface area contributed by atoms with E-state index in [1.54, 1.807) is 13.3 Å². The molecular formula is C23H26N4O2. The quantitative estimate of drug-likeness (QED) is 0.606. The van der Waals surface area contributed by atoms with Crippen LogP contribution in [0.5, 0.6) is 5.75 Å². The van der Waals surface area contributed by atoms with Crippen molar-refractivity contribution in [2.75, 3.05) is 19.0 Å². The van der Waals surface area contributed by atoms with Gasteiger partial charge in [-0.15, -0.1) is 0 Å². The second-order valence-electron chi connectivity index (χ2n) is 6.73. The molecule has 6 heteroatoms. The van der Waals surface area contributed by atoms with Gasteiger partial charge in [0.05, 0.1) is 19.5 Å². The van der Waals surface area contributed by atoms with Gasteiger partial charge in [-0.1, -0.05) is 37.3 Å². The van der Waals surface area contributed by atoms with E-state index in [0.717, 1.165) is 35.4 Å². The molecule has 6 nitrogen and oxygen atoms in total. The molecule has 1 heterocycles. The molecule has 2 aromatic carbocycles. The van der Waals surface area contributed by atoms with E-state index in [9.17, 15) is 4.79 Å². The molecule has 2 N–H and O–H groups in total. The lowest BCUT2D eigenvalue weighted by Gasteiger charge is -2.13. The van der Waals surface area contributed by atoms with Crippen molar-refractivity contribution in [3.05, 3.63) is 77.2 Å². The predicted molar refractivity (Wildman–Crippen MR) is 115 cm³/mol.